The molecule has 2 heterocycles. The monoisotopic (exact) mass is 274 g/mol. The van der Waals surface area contributed by atoms with Crippen LogP contribution in [0.3, 0.4) is 0 Å². The lowest BCUT2D eigenvalue weighted by Crippen LogP contribution is -2.27. The van der Waals surface area contributed by atoms with Crippen molar-refractivity contribution in [3.8, 4) is 0 Å². The van der Waals surface area contributed by atoms with Gasteiger partial charge in [-0.1, -0.05) is 0 Å². The van der Waals surface area contributed by atoms with Gasteiger partial charge in [0.1, 0.15) is 0 Å². The molecule has 0 unspecified atom stereocenters. The molecular weight excluding hydrogens is 260 g/mol. The van der Waals surface area contributed by atoms with E-state index in [-0.39, 0.29) is 11.9 Å². The van der Waals surface area contributed by atoms with E-state index < -0.39 is 0 Å². The van der Waals surface area contributed by atoms with E-state index in [0.717, 1.165) is 25.0 Å². The van der Waals surface area contributed by atoms with Gasteiger partial charge in [0, 0.05) is 23.3 Å². The molecule has 0 saturated heterocycles. The summed E-state index contributed by atoms with van der Waals surface area (Å²) in [6.45, 7) is 0. The molecule has 1 amide bonds. The summed E-state index contributed by atoms with van der Waals surface area (Å²) in [5, 5.41) is 3.46. The number of nitrogens with two attached hydrogens (primary N) is 1. The molecule has 98 valence electrons. The number of amides is 1. The van der Waals surface area contributed by atoms with Gasteiger partial charge in [0.05, 0.1) is 11.3 Å². The van der Waals surface area contributed by atoms with E-state index in [0.29, 0.717) is 10.7 Å². The Kier molecular flexibility index (Phi) is 3.27. The first-order valence-electron chi connectivity index (χ1n) is 6.18. The third kappa shape index (κ3) is 2.64. The summed E-state index contributed by atoms with van der Waals surface area (Å²) in [7, 11) is 0. The first-order chi connectivity index (χ1) is 9.22. The number of aromatic nitrogens is 2. The molecule has 0 aliphatic heterocycles. The number of carbonyl (C=O) groups excluding carboxylic acids is 1. The molecule has 1 aliphatic rings. The van der Waals surface area contributed by atoms with Crippen molar-refractivity contribution in [2.24, 2.45) is 5.73 Å². The maximum atomic E-state index is 12.0. The number of rotatable bonds is 2. The van der Waals surface area contributed by atoms with Crippen LogP contribution in [-0.4, -0.2) is 21.9 Å². The highest BCUT2D eigenvalue weighted by molar-refractivity contribution is 7.15. The van der Waals surface area contributed by atoms with E-state index in [1.165, 1.54) is 16.2 Å². The van der Waals surface area contributed by atoms with Crippen molar-refractivity contribution in [1.29, 1.82) is 0 Å². The molecule has 2 aromatic rings. The summed E-state index contributed by atoms with van der Waals surface area (Å²) >= 11 is 1.52. The van der Waals surface area contributed by atoms with Gasteiger partial charge < -0.3 is 5.73 Å². The van der Waals surface area contributed by atoms with Crippen molar-refractivity contribution >= 4 is 22.4 Å². The Morgan fingerprint density at radius 3 is 3.21 bits per heavy atom. The summed E-state index contributed by atoms with van der Waals surface area (Å²) in [6.07, 6.45) is 5.90. The van der Waals surface area contributed by atoms with Crippen LogP contribution in [0.2, 0.25) is 0 Å². The van der Waals surface area contributed by atoms with Crippen LogP contribution in [-0.2, 0) is 12.8 Å². The lowest BCUT2D eigenvalue weighted by molar-refractivity contribution is 0.102. The van der Waals surface area contributed by atoms with E-state index in [9.17, 15) is 4.79 Å². The van der Waals surface area contributed by atoms with Gasteiger partial charge in [-0.05, 0) is 31.4 Å². The van der Waals surface area contributed by atoms with E-state index in [1.54, 1.807) is 24.5 Å². The van der Waals surface area contributed by atoms with Crippen molar-refractivity contribution < 1.29 is 4.79 Å². The van der Waals surface area contributed by atoms with Crippen molar-refractivity contribution in [2.75, 3.05) is 5.32 Å². The highest BCUT2D eigenvalue weighted by Crippen LogP contribution is 2.29. The van der Waals surface area contributed by atoms with Crippen LogP contribution in [0.5, 0.6) is 0 Å². The molecule has 5 nitrogen and oxygen atoms in total. The molecule has 0 fully saturated rings. The predicted molar refractivity (Wildman–Crippen MR) is 74.3 cm³/mol. The summed E-state index contributed by atoms with van der Waals surface area (Å²) in [6, 6.07) is 3.68. The number of nitrogens with zero attached hydrogens (tertiary/aromatic N) is 2. The molecule has 0 radical (unpaired) electrons. The highest BCUT2D eigenvalue weighted by atomic mass is 32.1. The van der Waals surface area contributed by atoms with Crippen LogP contribution in [0.15, 0.2) is 24.5 Å². The number of carbonyl (C=O) groups is 1. The molecule has 0 spiro atoms. The topological polar surface area (TPSA) is 80.9 Å². The quantitative estimate of drug-likeness (QED) is 0.871. The zero-order valence-electron chi connectivity index (χ0n) is 10.3. The van der Waals surface area contributed by atoms with E-state index in [2.05, 4.69) is 15.3 Å². The van der Waals surface area contributed by atoms with Crippen LogP contribution < -0.4 is 11.1 Å². The molecule has 2 aromatic heterocycles. The smallest absolute Gasteiger partial charge is 0.259 e. The lowest BCUT2D eigenvalue weighted by Gasteiger charge is -2.15. The summed E-state index contributed by atoms with van der Waals surface area (Å²) < 4.78 is 0. The molecule has 1 atom stereocenters. The van der Waals surface area contributed by atoms with Gasteiger partial charge in [-0.2, -0.15) is 0 Å². The van der Waals surface area contributed by atoms with Crippen LogP contribution in [0, 0.1) is 0 Å². The van der Waals surface area contributed by atoms with E-state index in [1.807, 2.05) is 0 Å². The molecular formula is C13H14N4OS. The van der Waals surface area contributed by atoms with Gasteiger partial charge in [-0.3, -0.25) is 15.1 Å². The number of hydrogen-bond acceptors (Lipinski definition) is 5. The maximum Gasteiger partial charge on any atom is 0.259 e. The third-order valence-electron chi connectivity index (χ3n) is 3.12. The standard InChI is InChI=1S/C13H14N4OS/c14-9-3-4-10-11(6-9)19-13(16-10)17-12(18)8-2-1-5-15-7-8/h1-2,5,7,9H,3-4,6,14H2,(H,16,17,18)/t9-/m0/s1. The van der Waals surface area contributed by atoms with Crippen LogP contribution >= 0.6 is 11.3 Å². The van der Waals surface area contributed by atoms with Gasteiger partial charge in [-0.15, -0.1) is 11.3 Å². The number of aryl methyl sites for hydroxylation is 1. The number of thiazole rings is 1. The number of nitrogens with one attached hydrogen (secondary N) is 1. The number of fused-ring (bicyclic) bond motifs is 1. The molecule has 19 heavy (non-hydrogen) atoms. The van der Waals surface area contributed by atoms with Crippen LogP contribution in [0.4, 0.5) is 5.13 Å². The Labute approximate surface area is 114 Å². The van der Waals surface area contributed by atoms with Gasteiger partial charge >= 0.3 is 0 Å². The Bertz CT molecular complexity index is 596. The van der Waals surface area contributed by atoms with Gasteiger partial charge in [0.25, 0.3) is 5.91 Å². The molecule has 1 aliphatic carbocycles. The van der Waals surface area contributed by atoms with Gasteiger partial charge in [-0.25, -0.2) is 4.98 Å². The summed E-state index contributed by atoms with van der Waals surface area (Å²) in [5.74, 6) is -0.177. The molecule has 0 aromatic carbocycles. The fraction of sp³-hybridized carbons (Fsp3) is 0.308. The minimum atomic E-state index is -0.177. The second-order valence-electron chi connectivity index (χ2n) is 4.59. The average molecular weight is 274 g/mol. The van der Waals surface area contributed by atoms with Gasteiger partial charge in [0.2, 0.25) is 0 Å². The number of hydrogen-bond donors (Lipinski definition) is 2. The van der Waals surface area contributed by atoms with Crippen molar-refractivity contribution in [2.45, 2.75) is 25.3 Å². The minimum Gasteiger partial charge on any atom is -0.327 e. The molecule has 6 heteroatoms. The first-order valence-corrected chi connectivity index (χ1v) is 6.99. The molecule has 3 N–H and O–H groups in total. The molecule has 3 rings (SSSR count). The Balaban J connectivity index is 1.76. The Hall–Kier alpha value is -1.79. The Morgan fingerprint density at radius 1 is 1.53 bits per heavy atom. The fourth-order valence-corrected chi connectivity index (χ4v) is 3.22. The molecule has 0 saturated carbocycles. The number of anilines is 1. The van der Waals surface area contributed by atoms with Crippen LogP contribution in [0.25, 0.3) is 0 Å². The second-order valence-corrected chi connectivity index (χ2v) is 5.67. The molecule has 0 bridgehead atoms. The third-order valence-corrected chi connectivity index (χ3v) is 4.16. The highest BCUT2D eigenvalue weighted by Gasteiger charge is 2.20. The normalized spacial score (nSPS) is 17.8. The summed E-state index contributed by atoms with van der Waals surface area (Å²) in [4.78, 5) is 21.6. The predicted octanol–water partition coefficient (Wildman–Crippen LogP) is 1.61. The zero-order chi connectivity index (χ0) is 13.2. The van der Waals surface area contributed by atoms with Crippen molar-refractivity contribution in [3.05, 3.63) is 40.7 Å². The fourth-order valence-electron chi connectivity index (χ4n) is 2.12. The summed E-state index contributed by atoms with van der Waals surface area (Å²) in [5.41, 5.74) is 7.55. The van der Waals surface area contributed by atoms with E-state index >= 15 is 0 Å². The average Bonchev–Trinajstić information content (AvgIpc) is 2.81. The van der Waals surface area contributed by atoms with Crippen molar-refractivity contribution in [3.63, 3.8) is 0 Å². The van der Waals surface area contributed by atoms with Crippen molar-refractivity contribution in [1.82, 2.24) is 9.97 Å². The number of pyridine rings is 1. The Morgan fingerprint density at radius 2 is 2.42 bits per heavy atom. The zero-order valence-corrected chi connectivity index (χ0v) is 11.1. The first kappa shape index (κ1) is 12.3. The largest absolute Gasteiger partial charge is 0.327 e. The SMILES string of the molecule is N[C@H]1CCc2nc(NC(=O)c3cccnc3)sc2C1. The van der Waals surface area contributed by atoms with Crippen LogP contribution in [0.1, 0.15) is 27.3 Å². The lowest BCUT2D eigenvalue weighted by atomic mass is 9.99. The maximum absolute atomic E-state index is 12.0. The van der Waals surface area contributed by atoms with E-state index in [4.69, 9.17) is 5.73 Å². The van der Waals surface area contributed by atoms with Gasteiger partial charge in [0.15, 0.2) is 5.13 Å². The second kappa shape index (κ2) is 5.07. The minimum absolute atomic E-state index is 0.177.